The SMILES string of the molecule is CC(C)OC[C@@H]1O[C@@H]2OC(C)(C)O[C@@H]2[C@H]2OC(C)(C)O[C@H]21. The van der Waals surface area contributed by atoms with Crippen LogP contribution in [-0.4, -0.2) is 55.0 Å². The molecule has 0 aromatic rings. The highest BCUT2D eigenvalue weighted by atomic mass is 16.9. The molecule has 6 heteroatoms. The standard InChI is InChI=1S/C15H26O6/c1-8(2)16-7-9-10-11(19-14(3,4)18-10)12-13(17-9)21-15(5,6)20-12/h8-13H,7H2,1-6H3/t9-,10-,11-,12+,13+/m0/s1. The Morgan fingerprint density at radius 2 is 1.43 bits per heavy atom. The van der Waals surface area contributed by atoms with E-state index in [4.69, 9.17) is 28.4 Å². The van der Waals surface area contributed by atoms with Gasteiger partial charge in [-0.05, 0) is 41.5 Å². The van der Waals surface area contributed by atoms with Crippen molar-refractivity contribution in [1.82, 2.24) is 0 Å². The molecule has 6 nitrogen and oxygen atoms in total. The molecule has 3 aliphatic rings. The molecule has 3 rings (SSSR count). The third-order valence-corrected chi connectivity index (χ3v) is 3.84. The third-order valence-electron chi connectivity index (χ3n) is 3.84. The Hall–Kier alpha value is -0.240. The average molecular weight is 302 g/mol. The molecule has 3 saturated heterocycles. The van der Waals surface area contributed by atoms with E-state index >= 15 is 0 Å². The number of fused-ring (bicyclic) bond motifs is 3. The smallest absolute Gasteiger partial charge is 0.190 e. The number of hydrogen-bond donors (Lipinski definition) is 0. The second kappa shape index (κ2) is 5.15. The number of rotatable bonds is 3. The largest absolute Gasteiger partial charge is 0.376 e. The Kier molecular flexibility index (Phi) is 3.83. The van der Waals surface area contributed by atoms with Crippen molar-refractivity contribution < 1.29 is 28.4 Å². The molecule has 0 N–H and O–H groups in total. The average Bonchev–Trinajstić information content (AvgIpc) is 2.80. The highest BCUT2D eigenvalue weighted by Gasteiger charge is 2.60. The van der Waals surface area contributed by atoms with E-state index in [1.807, 2.05) is 41.5 Å². The maximum absolute atomic E-state index is 6.03. The topological polar surface area (TPSA) is 55.4 Å². The predicted octanol–water partition coefficient (Wildman–Crippen LogP) is 1.81. The lowest BCUT2D eigenvalue weighted by molar-refractivity contribution is -0.244. The van der Waals surface area contributed by atoms with Crippen molar-refractivity contribution in [3.63, 3.8) is 0 Å². The summed E-state index contributed by atoms with van der Waals surface area (Å²) in [5.41, 5.74) is 0. The van der Waals surface area contributed by atoms with Gasteiger partial charge in [0.2, 0.25) is 0 Å². The summed E-state index contributed by atoms with van der Waals surface area (Å²) in [5, 5.41) is 0. The van der Waals surface area contributed by atoms with Crippen LogP contribution in [0.5, 0.6) is 0 Å². The molecule has 3 heterocycles. The van der Waals surface area contributed by atoms with Crippen LogP contribution >= 0.6 is 0 Å². The van der Waals surface area contributed by atoms with Gasteiger partial charge in [-0.3, -0.25) is 0 Å². The Labute approximate surface area is 126 Å². The summed E-state index contributed by atoms with van der Waals surface area (Å²) < 4.78 is 35.5. The minimum Gasteiger partial charge on any atom is -0.376 e. The summed E-state index contributed by atoms with van der Waals surface area (Å²) in [4.78, 5) is 0. The van der Waals surface area contributed by atoms with Crippen molar-refractivity contribution in [3.05, 3.63) is 0 Å². The molecular weight excluding hydrogens is 276 g/mol. The fourth-order valence-electron chi connectivity index (χ4n) is 3.11. The lowest BCUT2D eigenvalue weighted by Gasteiger charge is -2.37. The normalized spacial score (nSPS) is 43.9. The second-order valence-electron chi connectivity index (χ2n) is 7.09. The summed E-state index contributed by atoms with van der Waals surface area (Å²) in [6.45, 7) is 12.0. The fraction of sp³-hybridized carbons (Fsp3) is 1.00. The maximum atomic E-state index is 6.03. The number of ether oxygens (including phenoxy) is 6. The van der Waals surface area contributed by atoms with Crippen molar-refractivity contribution in [3.8, 4) is 0 Å². The molecule has 0 aromatic heterocycles. The zero-order chi connectivity index (χ0) is 15.4. The van der Waals surface area contributed by atoms with Gasteiger partial charge in [-0.2, -0.15) is 0 Å². The van der Waals surface area contributed by atoms with E-state index in [1.54, 1.807) is 0 Å². The van der Waals surface area contributed by atoms with E-state index in [1.165, 1.54) is 0 Å². The molecule has 3 aliphatic heterocycles. The van der Waals surface area contributed by atoms with Gasteiger partial charge < -0.3 is 28.4 Å². The Morgan fingerprint density at radius 1 is 0.857 bits per heavy atom. The van der Waals surface area contributed by atoms with E-state index in [-0.39, 0.29) is 30.5 Å². The second-order valence-corrected chi connectivity index (χ2v) is 7.09. The molecule has 0 radical (unpaired) electrons. The monoisotopic (exact) mass is 302 g/mol. The summed E-state index contributed by atoms with van der Waals surface area (Å²) in [5.74, 6) is -1.33. The fourth-order valence-corrected chi connectivity index (χ4v) is 3.11. The maximum Gasteiger partial charge on any atom is 0.190 e. The molecule has 122 valence electrons. The van der Waals surface area contributed by atoms with Crippen molar-refractivity contribution in [2.45, 2.75) is 89.9 Å². The van der Waals surface area contributed by atoms with Gasteiger partial charge in [-0.25, -0.2) is 0 Å². The van der Waals surface area contributed by atoms with Crippen molar-refractivity contribution in [2.24, 2.45) is 0 Å². The van der Waals surface area contributed by atoms with Crippen LogP contribution in [0.15, 0.2) is 0 Å². The van der Waals surface area contributed by atoms with Crippen LogP contribution in [0.2, 0.25) is 0 Å². The third kappa shape index (κ3) is 3.11. The van der Waals surface area contributed by atoms with E-state index in [0.717, 1.165) is 0 Å². The van der Waals surface area contributed by atoms with Crippen LogP contribution in [0.25, 0.3) is 0 Å². The van der Waals surface area contributed by atoms with Gasteiger partial charge in [0.1, 0.15) is 24.4 Å². The minimum atomic E-state index is -0.677. The highest BCUT2D eigenvalue weighted by molar-refractivity contribution is 5.00. The van der Waals surface area contributed by atoms with E-state index in [9.17, 15) is 0 Å². The van der Waals surface area contributed by atoms with Crippen LogP contribution in [0.3, 0.4) is 0 Å². The van der Waals surface area contributed by atoms with Crippen LogP contribution in [-0.2, 0) is 28.4 Å². The molecule has 0 aliphatic carbocycles. The lowest BCUT2D eigenvalue weighted by atomic mass is 9.99. The summed E-state index contributed by atoms with van der Waals surface area (Å²) >= 11 is 0. The lowest BCUT2D eigenvalue weighted by Crippen LogP contribution is -2.56. The van der Waals surface area contributed by atoms with Gasteiger partial charge in [0, 0.05) is 0 Å². The van der Waals surface area contributed by atoms with E-state index in [2.05, 4.69) is 0 Å². The molecule has 0 bridgehead atoms. The van der Waals surface area contributed by atoms with Gasteiger partial charge in [-0.1, -0.05) is 0 Å². The molecule has 3 fully saturated rings. The molecule has 0 aromatic carbocycles. The summed E-state index contributed by atoms with van der Waals surface area (Å²) in [6, 6.07) is 0. The first-order chi connectivity index (χ1) is 9.67. The van der Waals surface area contributed by atoms with Gasteiger partial charge in [-0.15, -0.1) is 0 Å². The van der Waals surface area contributed by atoms with Crippen LogP contribution in [0.4, 0.5) is 0 Å². The molecule has 21 heavy (non-hydrogen) atoms. The first-order valence-corrected chi connectivity index (χ1v) is 7.65. The molecular formula is C15H26O6. The van der Waals surface area contributed by atoms with Gasteiger partial charge in [0.15, 0.2) is 17.9 Å². The Balaban J connectivity index is 1.78. The van der Waals surface area contributed by atoms with Crippen LogP contribution in [0.1, 0.15) is 41.5 Å². The first-order valence-electron chi connectivity index (χ1n) is 7.65. The van der Waals surface area contributed by atoms with Crippen LogP contribution in [0, 0.1) is 0 Å². The van der Waals surface area contributed by atoms with Gasteiger partial charge in [0.05, 0.1) is 12.7 Å². The number of hydrogen-bond acceptors (Lipinski definition) is 6. The Morgan fingerprint density at radius 3 is 2.10 bits per heavy atom. The quantitative estimate of drug-likeness (QED) is 0.792. The molecule has 0 unspecified atom stereocenters. The summed E-state index contributed by atoms with van der Waals surface area (Å²) in [7, 11) is 0. The molecule has 5 atom stereocenters. The first kappa shape index (κ1) is 15.6. The van der Waals surface area contributed by atoms with Crippen molar-refractivity contribution in [2.75, 3.05) is 6.61 Å². The molecule has 0 amide bonds. The van der Waals surface area contributed by atoms with E-state index in [0.29, 0.717) is 6.61 Å². The minimum absolute atomic E-state index is 0.136. The zero-order valence-corrected chi connectivity index (χ0v) is 13.6. The van der Waals surface area contributed by atoms with Crippen molar-refractivity contribution in [1.29, 1.82) is 0 Å². The van der Waals surface area contributed by atoms with Gasteiger partial charge >= 0.3 is 0 Å². The molecule has 0 spiro atoms. The van der Waals surface area contributed by atoms with Crippen molar-refractivity contribution >= 4 is 0 Å². The predicted molar refractivity (Wildman–Crippen MR) is 73.6 cm³/mol. The highest BCUT2D eigenvalue weighted by Crippen LogP contribution is 2.44. The van der Waals surface area contributed by atoms with E-state index < -0.39 is 17.9 Å². The van der Waals surface area contributed by atoms with Gasteiger partial charge in [0.25, 0.3) is 0 Å². The molecule has 0 saturated carbocycles. The summed E-state index contributed by atoms with van der Waals surface area (Å²) in [6.07, 6.45) is -1.23. The zero-order valence-electron chi connectivity index (χ0n) is 13.6. The van der Waals surface area contributed by atoms with Crippen LogP contribution < -0.4 is 0 Å². The Bertz CT molecular complexity index is 394.